The van der Waals surface area contributed by atoms with E-state index < -0.39 is 0 Å². The number of phenols is 2. The van der Waals surface area contributed by atoms with E-state index in [-0.39, 0.29) is 23.0 Å². The maximum Gasteiger partial charge on any atom is 0.119 e. The van der Waals surface area contributed by atoms with Crippen LogP contribution in [-0.4, -0.2) is 41.4 Å². The molecular formula is C31H38N2O3. The van der Waals surface area contributed by atoms with E-state index >= 15 is 0 Å². The molecule has 1 fully saturated rings. The zero-order valence-corrected chi connectivity index (χ0v) is 21.5. The standard InChI is InChI=1S/C31H38N2O3/c1-31(2)28-21-26(35)13-16-29(28)33(30(31)24-9-11-25(34)12-10-24)22-23-7-14-27(15-8-23)36-20-19-32-17-5-3-4-6-18-32/h7-16,21,30,34-35H,3-6,17-20,22H2,1-2H3/t30-/m0/s1. The van der Waals surface area contributed by atoms with Gasteiger partial charge >= 0.3 is 0 Å². The molecule has 0 aliphatic carbocycles. The van der Waals surface area contributed by atoms with Crippen molar-refractivity contribution in [2.24, 2.45) is 0 Å². The molecule has 1 atom stereocenters. The Morgan fingerprint density at radius 2 is 1.50 bits per heavy atom. The van der Waals surface area contributed by atoms with Crippen LogP contribution in [0.5, 0.6) is 17.2 Å². The first-order chi connectivity index (χ1) is 17.4. The van der Waals surface area contributed by atoms with E-state index in [0.29, 0.717) is 0 Å². The third-order valence-electron chi connectivity index (χ3n) is 7.84. The second kappa shape index (κ2) is 10.4. The fourth-order valence-corrected chi connectivity index (χ4v) is 5.94. The van der Waals surface area contributed by atoms with Crippen LogP contribution in [0.4, 0.5) is 5.69 Å². The van der Waals surface area contributed by atoms with Crippen LogP contribution >= 0.6 is 0 Å². The SMILES string of the molecule is CC1(C)c2cc(O)ccc2N(Cc2ccc(OCCN3CCCCCC3)cc2)[C@H]1c1ccc(O)cc1. The Morgan fingerprint density at radius 1 is 0.833 bits per heavy atom. The summed E-state index contributed by atoms with van der Waals surface area (Å²) in [6.45, 7) is 9.28. The van der Waals surface area contributed by atoms with Gasteiger partial charge in [-0.2, -0.15) is 0 Å². The van der Waals surface area contributed by atoms with Crippen molar-refractivity contribution in [2.75, 3.05) is 31.1 Å². The lowest BCUT2D eigenvalue weighted by atomic mass is 9.77. The predicted octanol–water partition coefficient (Wildman–Crippen LogP) is 6.39. The van der Waals surface area contributed by atoms with Gasteiger partial charge in [0, 0.05) is 24.2 Å². The van der Waals surface area contributed by atoms with Crippen molar-refractivity contribution in [3.05, 3.63) is 83.4 Å². The molecule has 2 aliphatic rings. The summed E-state index contributed by atoms with van der Waals surface area (Å²) >= 11 is 0. The van der Waals surface area contributed by atoms with Gasteiger partial charge in [-0.15, -0.1) is 0 Å². The largest absolute Gasteiger partial charge is 0.508 e. The Hall–Kier alpha value is -3.18. The number of anilines is 1. The lowest BCUT2D eigenvalue weighted by molar-refractivity contribution is 0.214. The van der Waals surface area contributed by atoms with E-state index in [1.165, 1.54) is 44.3 Å². The molecule has 190 valence electrons. The maximum absolute atomic E-state index is 10.2. The van der Waals surface area contributed by atoms with Crippen LogP contribution in [-0.2, 0) is 12.0 Å². The van der Waals surface area contributed by atoms with Gasteiger partial charge in [-0.1, -0.05) is 51.0 Å². The summed E-state index contributed by atoms with van der Waals surface area (Å²) in [7, 11) is 0. The monoisotopic (exact) mass is 486 g/mol. The highest BCUT2D eigenvalue weighted by atomic mass is 16.5. The van der Waals surface area contributed by atoms with Gasteiger partial charge in [-0.3, -0.25) is 4.90 Å². The molecule has 2 heterocycles. The normalized spacial score (nSPS) is 19.6. The molecule has 0 bridgehead atoms. The number of hydrogen-bond acceptors (Lipinski definition) is 5. The molecule has 5 heteroatoms. The van der Waals surface area contributed by atoms with Crippen molar-refractivity contribution < 1.29 is 14.9 Å². The van der Waals surface area contributed by atoms with Crippen LogP contribution in [0.15, 0.2) is 66.7 Å². The molecule has 0 radical (unpaired) electrons. The molecule has 0 unspecified atom stereocenters. The maximum atomic E-state index is 10.2. The zero-order valence-electron chi connectivity index (χ0n) is 21.5. The van der Waals surface area contributed by atoms with E-state index in [1.807, 2.05) is 24.3 Å². The van der Waals surface area contributed by atoms with Crippen LogP contribution in [0.3, 0.4) is 0 Å². The van der Waals surface area contributed by atoms with Gasteiger partial charge in [-0.05, 0) is 85.1 Å². The molecule has 3 aromatic carbocycles. The Bertz CT molecular complexity index is 1150. The third-order valence-corrected chi connectivity index (χ3v) is 7.84. The molecule has 0 spiro atoms. The molecule has 36 heavy (non-hydrogen) atoms. The molecule has 0 saturated carbocycles. The van der Waals surface area contributed by atoms with Gasteiger partial charge in [0.15, 0.2) is 0 Å². The van der Waals surface area contributed by atoms with Gasteiger partial charge in [-0.25, -0.2) is 0 Å². The number of likely N-dealkylation sites (tertiary alicyclic amines) is 1. The first kappa shape index (κ1) is 24.5. The van der Waals surface area contributed by atoms with E-state index in [4.69, 9.17) is 4.74 Å². The van der Waals surface area contributed by atoms with E-state index in [9.17, 15) is 10.2 Å². The molecule has 3 aromatic rings. The van der Waals surface area contributed by atoms with E-state index in [1.54, 1.807) is 18.2 Å². The number of nitrogens with zero attached hydrogens (tertiary/aromatic N) is 2. The quantitative estimate of drug-likeness (QED) is 0.405. The third kappa shape index (κ3) is 5.17. The second-order valence-corrected chi connectivity index (χ2v) is 10.8. The van der Waals surface area contributed by atoms with Crippen LogP contribution in [0, 0.1) is 0 Å². The minimum absolute atomic E-state index is 0.0689. The molecule has 1 saturated heterocycles. The summed E-state index contributed by atoms with van der Waals surface area (Å²) in [5, 5.41) is 20.1. The van der Waals surface area contributed by atoms with E-state index in [2.05, 4.69) is 47.9 Å². The van der Waals surface area contributed by atoms with Crippen LogP contribution < -0.4 is 9.64 Å². The second-order valence-electron chi connectivity index (χ2n) is 10.8. The van der Waals surface area contributed by atoms with Crippen molar-refractivity contribution in [2.45, 2.75) is 57.5 Å². The Labute approximate surface area is 214 Å². The summed E-state index contributed by atoms with van der Waals surface area (Å²) < 4.78 is 6.07. The van der Waals surface area contributed by atoms with Crippen molar-refractivity contribution >= 4 is 5.69 Å². The number of ether oxygens (including phenoxy) is 1. The Morgan fingerprint density at radius 3 is 2.19 bits per heavy atom. The van der Waals surface area contributed by atoms with E-state index in [0.717, 1.165) is 42.3 Å². The molecule has 5 rings (SSSR count). The first-order valence-electron chi connectivity index (χ1n) is 13.2. The minimum Gasteiger partial charge on any atom is -0.508 e. The van der Waals surface area contributed by atoms with Crippen LogP contribution in [0.25, 0.3) is 0 Å². The summed E-state index contributed by atoms with van der Waals surface area (Å²) in [5.41, 5.74) is 4.39. The average molecular weight is 487 g/mol. The summed E-state index contributed by atoms with van der Waals surface area (Å²) in [4.78, 5) is 4.94. The van der Waals surface area contributed by atoms with Crippen molar-refractivity contribution in [3.8, 4) is 17.2 Å². The zero-order chi connectivity index (χ0) is 25.1. The number of phenolic OH excluding ortho intramolecular Hbond substituents is 2. The highest BCUT2D eigenvalue weighted by Crippen LogP contribution is 2.54. The molecule has 2 aliphatic heterocycles. The van der Waals surface area contributed by atoms with Gasteiger partial charge in [0.1, 0.15) is 23.9 Å². The highest BCUT2D eigenvalue weighted by molar-refractivity contribution is 5.67. The molecule has 5 nitrogen and oxygen atoms in total. The van der Waals surface area contributed by atoms with Gasteiger partial charge in [0.2, 0.25) is 0 Å². The topological polar surface area (TPSA) is 56.2 Å². The number of fused-ring (bicyclic) bond motifs is 1. The summed E-state index contributed by atoms with van der Waals surface area (Å²) in [5.74, 6) is 1.47. The Balaban J connectivity index is 1.32. The van der Waals surface area contributed by atoms with Crippen molar-refractivity contribution in [1.82, 2.24) is 4.90 Å². The van der Waals surface area contributed by atoms with Crippen molar-refractivity contribution in [3.63, 3.8) is 0 Å². The minimum atomic E-state index is -0.221. The number of rotatable bonds is 7. The fourth-order valence-electron chi connectivity index (χ4n) is 5.94. The molecule has 2 N–H and O–H groups in total. The lowest BCUT2D eigenvalue weighted by Gasteiger charge is -2.35. The molecule has 0 aromatic heterocycles. The smallest absolute Gasteiger partial charge is 0.119 e. The number of hydrogen-bond donors (Lipinski definition) is 2. The lowest BCUT2D eigenvalue weighted by Crippen LogP contribution is -2.33. The summed E-state index contributed by atoms with van der Waals surface area (Å²) in [6.07, 6.45) is 5.31. The highest BCUT2D eigenvalue weighted by Gasteiger charge is 2.45. The van der Waals surface area contributed by atoms with Crippen LogP contribution in [0.1, 0.15) is 62.3 Å². The predicted molar refractivity (Wildman–Crippen MR) is 145 cm³/mol. The summed E-state index contributed by atoms with van der Waals surface area (Å²) in [6, 6.07) is 21.7. The van der Waals surface area contributed by atoms with Gasteiger partial charge < -0.3 is 19.8 Å². The molecular weight excluding hydrogens is 448 g/mol. The number of aromatic hydroxyl groups is 2. The number of benzene rings is 3. The van der Waals surface area contributed by atoms with Crippen molar-refractivity contribution in [1.29, 1.82) is 0 Å². The van der Waals surface area contributed by atoms with Gasteiger partial charge in [0.05, 0.1) is 6.04 Å². The fraction of sp³-hybridized carbons (Fsp3) is 0.419. The van der Waals surface area contributed by atoms with Gasteiger partial charge in [0.25, 0.3) is 0 Å². The Kier molecular flexibility index (Phi) is 7.10. The van der Waals surface area contributed by atoms with Crippen LogP contribution in [0.2, 0.25) is 0 Å². The molecule has 0 amide bonds. The first-order valence-corrected chi connectivity index (χ1v) is 13.2. The average Bonchev–Trinajstić information content (AvgIpc) is 3.03.